The molecule has 0 radical (unpaired) electrons. The van der Waals surface area contributed by atoms with E-state index >= 15 is 0 Å². The number of nitrogens with zero attached hydrogens (tertiary/aromatic N) is 5. The van der Waals surface area contributed by atoms with Crippen LogP contribution in [0.2, 0.25) is 5.02 Å². The number of hydrogen-bond acceptors (Lipinski definition) is 7. The number of methoxy groups -OCH3 is 1. The predicted octanol–water partition coefficient (Wildman–Crippen LogP) is 5.14. The third-order valence-corrected chi connectivity index (χ3v) is 7.05. The van der Waals surface area contributed by atoms with E-state index in [0.717, 1.165) is 22.4 Å². The van der Waals surface area contributed by atoms with E-state index in [9.17, 15) is 4.79 Å². The van der Waals surface area contributed by atoms with Crippen molar-refractivity contribution < 1.29 is 9.53 Å². The van der Waals surface area contributed by atoms with Crippen LogP contribution < -0.4 is 26.2 Å². The summed E-state index contributed by atoms with van der Waals surface area (Å²) in [6.07, 6.45) is 1.71. The van der Waals surface area contributed by atoms with Gasteiger partial charge in [0.25, 0.3) is 5.91 Å². The second-order valence-corrected chi connectivity index (χ2v) is 10.1. The first-order valence-electron chi connectivity index (χ1n) is 12.2. The number of carbonyl (C=O) groups excluding carboxylic acids is 1. The minimum absolute atomic E-state index is 0.00444. The van der Waals surface area contributed by atoms with Crippen molar-refractivity contribution >= 4 is 34.6 Å². The fourth-order valence-corrected chi connectivity index (χ4v) is 5.11. The molecule has 5 rings (SSSR count). The topological polar surface area (TPSA) is 116 Å². The summed E-state index contributed by atoms with van der Waals surface area (Å²) < 4.78 is 7.33. The van der Waals surface area contributed by atoms with Crippen LogP contribution >= 0.6 is 11.6 Å². The molecule has 1 aliphatic rings. The summed E-state index contributed by atoms with van der Waals surface area (Å²) in [7, 11) is 3.29. The van der Waals surface area contributed by atoms with Gasteiger partial charge < -0.3 is 20.0 Å². The number of halogens is 1. The van der Waals surface area contributed by atoms with E-state index in [1.54, 1.807) is 31.3 Å². The summed E-state index contributed by atoms with van der Waals surface area (Å²) in [5.74, 6) is 7.05. The van der Waals surface area contributed by atoms with Gasteiger partial charge in [0.15, 0.2) is 5.69 Å². The molecule has 4 N–H and O–H groups in total. The van der Waals surface area contributed by atoms with Crippen LogP contribution in [-0.4, -0.2) is 34.6 Å². The molecular weight excluding hydrogens is 502 g/mol. The number of fused-ring (bicyclic) bond motifs is 1. The van der Waals surface area contributed by atoms with Crippen molar-refractivity contribution in [2.75, 3.05) is 29.8 Å². The number of carbonyl (C=O) groups is 1. The highest BCUT2D eigenvalue weighted by Gasteiger charge is 2.45. The average molecular weight is 532 g/mol. The Morgan fingerprint density at radius 2 is 1.84 bits per heavy atom. The minimum atomic E-state index is -0.455. The van der Waals surface area contributed by atoms with Gasteiger partial charge in [-0.05, 0) is 62.2 Å². The Hall–Kier alpha value is -4.08. The highest BCUT2D eigenvalue weighted by Crippen LogP contribution is 2.46. The number of hydrazine groups is 1. The maximum atomic E-state index is 14.2. The number of amides is 1. The van der Waals surface area contributed by atoms with Gasteiger partial charge in [-0.3, -0.25) is 9.69 Å². The Labute approximate surface area is 226 Å². The van der Waals surface area contributed by atoms with Gasteiger partial charge >= 0.3 is 0 Å². The Bertz CT molecular complexity index is 1510. The van der Waals surface area contributed by atoms with Crippen molar-refractivity contribution in [2.24, 2.45) is 5.84 Å². The molecular formula is C28H30ClN7O2. The van der Waals surface area contributed by atoms with Crippen LogP contribution in [0.1, 0.15) is 53.2 Å². The van der Waals surface area contributed by atoms with Gasteiger partial charge in [0, 0.05) is 41.6 Å². The number of imidazole rings is 1. The normalized spacial score (nSPS) is 14.8. The Morgan fingerprint density at radius 3 is 2.42 bits per heavy atom. The van der Waals surface area contributed by atoms with Gasteiger partial charge in [0.2, 0.25) is 5.88 Å². The minimum Gasteiger partial charge on any atom is -0.481 e. The summed E-state index contributed by atoms with van der Waals surface area (Å²) in [5.41, 5.74) is 11.9. The number of nitrogen functional groups attached to an aromatic ring is 1. The Balaban J connectivity index is 1.75. The number of aromatic nitrogens is 3. The molecule has 1 amide bonds. The van der Waals surface area contributed by atoms with Crippen molar-refractivity contribution in [3.8, 4) is 17.3 Å². The number of hydrogen-bond donors (Lipinski definition) is 2. The SMILES string of the molecule is COc1ccc(-c2nc3c(n2C(C)C)C(c2ccc(Cl)cc2)N(c2cc(C)c(N)c(N(C)N)c2)C3=O)cn1. The average Bonchev–Trinajstić information content (AvgIpc) is 3.41. The summed E-state index contributed by atoms with van der Waals surface area (Å²) >= 11 is 6.24. The van der Waals surface area contributed by atoms with Gasteiger partial charge in [-0.2, -0.15) is 0 Å². The lowest BCUT2D eigenvalue weighted by Crippen LogP contribution is -2.31. The van der Waals surface area contributed by atoms with Gasteiger partial charge in [-0.25, -0.2) is 15.8 Å². The highest BCUT2D eigenvalue weighted by molar-refractivity contribution is 6.30. The van der Waals surface area contributed by atoms with Crippen LogP contribution in [0, 0.1) is 6.92 Å². The van der Waals surface area contributed by atoms with Crippen molar-refractivity contribution in [1.82, 2.24) is 14.5 Å². The maximum Gasteiger partial charge on any atom is 0.279 e. The van der Waals surface area contributed by atoms with E-state index in [2.05, 4.69) is 23.4 Å². The summed E-state index contributed by atoms with van der Waals surface area (Å²) in [4.78, 5) is 25.2. The zero-order valence-electron chi connectivity index (χ0n) is 21.9. The lowest BCUT2D eigenvalue weighted by atomic mass is 10.0. The first kappa shape index (κ1) is 25.6. The van der Waals surface area contributed by atoms with Crippen molar-refractivity contribution in [3.63, 3.8) is 0 Å². The molecule has 2 aromatic heterocycles. The Kier molecular flexibility index (Phi) is 6.50. The fraction of sp³-hybridized carbons (Fsp3) is 0.250. The number of aryl methyl sites for hydroxylation is 1. The van der Waals surface area contributed by atoms with E-state index in [4.69, 9.17) is 32.9 Å². The van der Waals surface area contributed by atoms with E-state index < -0.39 is 6.04 Å². The molecule has 196 valence electrons. The van der Waals surface area contributed by atoms with Crippen LogP contribution in [0.3, 0.4) is 0 Å². The second-order valence-electron chi connectivity index (χ2n) is 9.66. The Morgan fingerprint density at radius 1 is 1.13 bits per heavy atom. The number of nitrogens with two attached hydrogens (primary N) is 2. The van der Waals surface area contributed by atoms with Crippen LogP contribution in [0.25, 0.3) is 11.4 Å². The van der Waals surface area contributed by atoms with Crippen LogP contribution in [0.4, 0.5) is 17.1 Å². The van der Waals surface area contributed by atoms with E-state index in [-0.39, 0.29) is 11.9 Å². The summed E-state index contributed by atoms with van der Waals surface area (Å²) in [6.45, 7) is 6.05. The molecule has 38 heavy (non-hydrogen) atoms. The standard InChI is InChI=1S/C28H30ClN7O2/c1-15(2)35-26-24(33-27(35)18-8-11-22(38-5)32-14-18)28(37)36(25(26)17-6-9-19(29)10-7-17)20-12-16(3)23(30)21(13-20)34(4)31/h6-15,25H,30-31H2,1-5H3. The third-order valence-electron chi connectivity index (χ3n) is 6.80. The molecule has 0 fully saturated rings. The lowest BCUT2D eigenvalue weighted by Gasteiger charge is -2.30. The molecule has 2 aromatic carbocycles. The van der Waals surface area contributed by atoms with E-state index in [1.807, 2.05) is 49.4 Å². The van der Waals surface area contributed by atoms with Crippen molar-refractivity contribution in [2.45, 2.75) is 32.9 Å². The number of benzene rings is 2. The first-order valence-corrected chi connectivity index (χ1v) is 12.6. The summed E-state index contributed by atoms with van der Waals surface area (Å²) in [6, 6.07) is 14.5. The molecule has 0 saturated carbocycles. The zero-order chi connectivity index (χ0) is 27.3. The van der Waals surface area contributed by atoms with Crippen LogP contribution in [-0.2, 0) is 0 Å². The molecule has 0 saturated heterocycles. The van der Waals surface area contributed by atoms with Crippen molar-refractivity contribution in [1.29, 1.82) is 0 Å². The smallest absolute Gasteiger partial charge is 0.279 e. The number of ether oxygens (including phenoxy) is 1. The quantitative estimate of drug-likeness (QED) is 0.201. The van der Waals surface area contributed by atoms with E-state index in [0.29, 0.717) is 39.5 Å². The van der Waals surface area contributed by atoms with Crippen LogP contribution in [0.5, 0.6) is 5.88 Å². The van der Waals surface area contributed by atoms with Gasteiger partial charge in [0.1, 0.15) is 11.9 Å². The molecule has 10 heteroatoms. The lowest BCUT2D eigenvalue weighted by molar-refractivity contribution is 0.0989. The largest absolute Gasteiger partial charge is 0.481 e. The first-order chi connectivity index (χ1) is 18.1. The molecule has 4 aromatic rings. The molecule has 3 heterocycles. The number of pyridine rings is 1. The second kappa shape index (κ2) is 9.66. The highest BCUT2D eigenvalue weighted by atomic mass is 35.5. The summed E-state index contributed by atoms with van der Waals surface area (Å²) in [5, 5.41) is 2.07. The molecule has 1 unspecified atom stereocenters. The molecule has 9 nitrogen and oxygen atoms in total. The monoisotopic (exact) mass is 531 g/mol. The van der Waals surface area contributed by atoms with Gasteiger partial charge in [-0.15, -0.1) is 0 Å². The van der Waals surface area contributed by atoms with E-state index in [1.165, 1.54) is 5.01 Å². The zero-order valence-corrected chi connectivity index (χ0v) is 22.7. The van der Waals surface area contributed by atoms with Gasteiger partial charge in [-0.1, -0.05) is 23.7 Å². The molecule has 0 bridgehead atoms. The van der Waals surface area contributed by atoms with Gasteiger partial charge in [0.05, 0.1) is 24.2 Å². The molecule has 0 spiro atoms. The molecule has 0 aliphatic carbocycles. The van der Waals surface area contributed by atoms with Crippen LogP contribution in [0.15, 0.2) is 54.7 Å². The predicted molar refractivity (Wildman–Crippen MR) is 151 cm³/mol. The number of rotatable bonds is 6. The molecule has 1 atom stereocenters. The molecule has 1 aliphatic heterocycles. The maximum absolute atomic E-state index is 14.2. The fourth-order valence-electron chi connectivity index (χ4n) is 4.99. The third kappa shape index (κ3) is 4.13. The van der Waals surface area contributed by atoms with Crippen molar-refractivity contribution in [3.05, 3.63) is 82.3 Å². The number of anilines is 3.